The summed E-state index contributed by atoms with van der Waals surface area (Å²) in [5.74, 6) is 1.57. The SMILES string of the molecule is CC12CC(CCCc3cc(OCC(=O)O)cc(OCC(=O)O)c3)C3C(CCC4CC(=O)CCC43C)C1CCC2O. The quantitative estimate of drug-likeness (QED) is 0.361. The van der Waals surface area contributed by atoms with Gasteiger partial charge in [-0.15, -0.1) is 0 Å². The first-order chi connectivity index (χ1) is 19.0. The molecule has 0 radical (unpaired) electrons. The van der Waals surface area contributed by atoms with E-state index in [1.54, 1.807) is 0 Å². The van der Waals surface area contributed by atoms with E-state index in [0.29, 0.717) is 53.3 Å². The third-order valence-corrected chi connectivity index (χ3v) is 11.2. The van der Waals surface area contributed by atoms with Crippen molar-refractivity contribution in [2.24, 2.45) is 40.4 Å². The van der Waals surface area contributed by atoms with E-state index < -0.39 is 25.2 Å². The molecule has 1 aromatic carbocycles. The third-order valence-electron chi connectivity index (χ3n) is 11.2. The molecule has 0 spiro atoms. The average molecular weight is 557 g/mol. The number of fused-ring (bicyclic) bond motifs is 5. The summed E-state index contributed by atoms with van der Waals surface area (Å²) < 4.78 is 10.8. The van der Waals surface area contributed by atoms with Crippen LogP contribution in [0.1, 0.15) is 83.6 Å². The molecular weight excluding hydrogens is 512 g/mol. The normalized spacial score (nSPS) is 36.7. The maximum atomic E-state index is 12.4. The lowest BCUT2D eigenvalue weighted by Gasteiger charge is -2.62. The summed E-state index contributed by atoms with van der Waals surface area (Å²) >= 11 is 0. The number of aryl methyl sites for hydroxylation is 1. The van der Waals surface area contributed by atoms with Gasteiger partial charge < -0.3 is 24.8 Å². The van der Waals surface area contributed by atoms with Gasteiger partial charge in [-0.1, -0.05) is 13.8 Å². The zero-order valence-electron chi connectivity index (χ0n) is 23.8. The minimum Gasteiger partial charge on any atom is -0.482 e. The third kappa shape index (κ3) is 5.61. The van der Waals surface area contributed by atoms with Gasteiger partial charge in [0.1, 0.15) is 17.3 Å². The summed E-state index contributed by atoms with van der Waals surface area (Å²) in [7, 11) is 0. The molecule has 8 heteroatoms. The number of carboxylic acid groups (broad SMARTS) is 2. The number of aliphatic hydroxyl groups excluding tert-OH is 1. The Hall–Kier alpha value is -2.61. The van der Waals surface area contributed by atoms with Gasteiger partial charge in [-0.05, 0) is 116 Å². The summed E-state index contributed by atoms with van der Waals surface area (Å²) in [5.41, 5.74) is 1.03. The number of benzene rings is 1. The summed E-state index contributed by atoms with van der Waals surface area (Å²) in [6.07, 6.45) is 10.1. The predicted molar refractivity (Wildman–Crippen MR) is 147 cm³/mol. The van der Waals surface area contributed by atoms with Crippen LogP contribution in [0.15, 0.2) is 18.2 Å². The zero-order valence-corrected chi connectivity index (χ0v) is 23.8. The number of ether oxygens (including phenoxy) is 2. The molecule has 4 aliphatic carbocycles. The standard InChI is InChI=1S/C32H44O8/c1-31-11-10-22(33)14-21(31)6-7-25-26-8-9-27(34)32(26,2)16-20(30(25)31)5-3-4-19-12-23(39-17-28(35)36)15-24(13-19)40-18-29(37)38/h12-13,15,20-21,25-27,30,34H,3-11,14,16-18H2,1-2H3,(H,35,36)(H,37,38). The van der Waals surface area contributed by atoms with Gasteiger partial charge in [0.15, 0.2) is 13.2 Å². The van der Waals surface area contributed by atoms with Crippen LogP contribution in [0.25, 0.3) is 0 Å². The van der Waals surface area contributed by atoms with Crippen LogP contribution in [-0.2, 0) is 20.8 Å². The second kappa shape index (κ2) is 11.3. The van der Waals surface area contributed by atoms with Gasteiger partial charge in [0.05, 0.1) is 6.10 Å². The maximum absolute atomic E-state index is 12.4. The maximum Gasteiger partial charge on any atom is 0.341 e. The molecule has 4 aliphatic rings. The van der Waals surface area contributed by atoms with Crippen molar-refractivity contribution < 1.29 is 39.2 Å². The lowest BCUT2D eigenvalue weighted by Crippen LogP contribution is -2.57. The van der Waals surface area contributed by atoms with Gasteiger partial charge in [-0.25, -0.2) is 9.59 Å². The van der Waals surface area contributed by atoms with Crippen molar-refractivity contribution in [2.45, 2.75) is 90.6 Å². The number of aliphatic carboxylic acids is 2. The molecule has 4 fully saturated rings. The molecular formula is C32H44O8. The Morgan fingerprint density at radius 2 is 1.62 bits per heavy atom. The van der Waals surface area contributed by atoms with Crippen molar-refractivity contribution in [1.29, 1.82) is 0 Å². The van der Waals surface area contributed by atoms with Gasteiger partial charge in [0.25, 0.3) is 0 Å². The van der Waals surface area contributed by atoms with E-state index in [9.17, 15) is 19.5 Å². The molecule has 0 saturated heterocycles. The lowest BCUT2D eigenvalue weighted by atomic mass is 9.42. The van der Waals surface area contributed by atoms with Gasteiger partial charge in [0, 0.05) is 18.9 Å². The van der Waals surface area contributed by atoms with E-state index in [0.717, 1.165) is 69.8 Å². The number of Topliss-reactive ketones (excluding diaryl/α,β-unsaturated/α-hetero) is 1. The van der Waals surface area contributed by atoms with Crippen LogP contribution in [0.3, 0.4) is 0 Å². The Balaban J connectivity index is 1.35. The number of hydrogen-bond acceptors (Lipinski definition) is 6. The van der Waals surface area contributed by atoms with E-state index in [1.807, 2.05) is 12.1 Å². The highest BCUT2D eigenvalue weighted by Crippen LogP contribution is 2.68. The second-order valence-electron chi connectivity index (χ2n) is 13.5. The number of carbonyl (C=O) groups excluding carboxylic acids is 1. The van der Waals surface area contributed by atoms with E-state index in [4.69, 9.17) is 19.7 Å². The van der Waals surface area contributed by atoms with Crippen LogP contribution in [-0.4, -0.2) is 52.4 Å². The minimum absolute atomic E-state index is 0.0536. The second-order valence-corrected chi connectivity index (χ2v) is 13.5. The number of rotatable bonds is 10. The topological polar surface area (TPSA) is 130 Å². The molecule has 0 amide bonds. The number of hydrogen-bond donors (Lipinski definition) is 3. The molecule has 220 valence electrons. The van der Waals surface area contributed by atoms with Crippen molar-refractivity contribution in [3.63, 3.8) is 0 Å². The van der Waals surface area contributed by atoms with Gasteiger partial charge in [-0.2, -0.15) is 0 Å². The van der Waals surface area contributed by atoms with E-state index in [2.05, 4.69) is 13.8 Å². The molecule has 8 atom stereocenters. The molecule has 5 rings (SSSR count). The fraction of sp³-hybridized carbons (Fsp3) is 0.719. The van der Waals surface area contributed by atoms with Crippen LogP contribution in [0.5, 0.6) is 11.5 Å². The van der Waals surface area contributed by atoms with Crippen molar-refractivity contribution in [2.75, 3.05) is 13.2 Å². The highest BCUT2D eigenvalue weighted by molar-refractivity contribution is 5.79. The van der Waals surface area contributed by atoms with Crippen molar-refractivity contribution in [3.8, 4) is 11.5 Å². The molecule has 40 heavy (non-hydrogen) atoms. The number of carbonyl (C=O) groups is 3. The molecule has 0 heterocycles. The molecule has 1 aromatic rings. The van der Waals surface area contributed by atoms with Gasteiger partial charge in [0.2, 0.25) is 0 Å². The first-order valence-electron chi connectivity index (χ1n) is 15.0. The molecule has 8 nitrogen and oxygen atoms in total. The Labute approximate surface area is 236 Å². The number of aliphatic hydroxyl groups is 1. The minimum atomic E-state index is -1.09. The summed E-state index contributed by atoms with van der Waals surface area (Å²) in [4.78, 5) is 34.5. The summed E-state index contributed by atoms with van der Waals surface area (Å²) in [5, 5.41) is 29.2. The van der Waals surface area contributed by atoms with Crippen LogP contribution >= 0.6 is 0 Å². The predicted octanol–water partition coefficient (Wildman–Crippen LogP) is 5.13. The highest BCUT2D eigenvalue weighted by Gasteiger charge is 2.62. The number of carboxylic acids is 2. The fourth-order valence-electron chi connectivity index (χ4n) is 9.50. The lowest BCUT2D eigenvalue weighted by molar-refractivity contribution is -0.159. The molecule has 0 bridgehead atoms. The van der Waals surface area contributed by atoms with Crippen molar-refractivity contribution >= 4 is 17.7 Å². The van der Waals surface area contributed by atoms with Crippen molar-refractivity contribution in [1.82, 2.24) is 0 Å². The Morgan fingerprint density at radius 3 is 2.27 bits per heavy atom. The molecule has 0 aliphatic heterocycles. The fourth-order valence-corrected chi connectivity index (χ4v) is 9.50. The summed E-state index contributed by atoms with van der Waals surface area (Å²) in [6, 6.07) is 5.14. The van der Waals surface area contributed by atoms with Crippen molar-refractivity contribution in [3.05, 3.63) is 23.8 Å². The van der Waals surface area contributed by atoms with E-state index in [1.165, 1.54) is 6.07 Å². The zero-order chi connectivity index (χ0) is 28.7. The molecule has 4 saturated carbocycles. The molecule has 8 unspecified atom stereocenters. The Morgan fingerprint density at radius 1 is 0.950 bits per heavy atom. The van der Waals surface area contributed by atoms with Crippen LogP contribution in [0.4, 0.5) is 0 Å². The van der Waals surface area contributed by atoms with Crippen LogP contribution in [0.2, 0.25) is 0 Å². The molecule has 3 N–H and O–H groups in total. The average Bonchev–Trinajstić information content (AvgIpc) is 3.20. The van der Waals surface area contributed by atoms with E-state index >= 15 is 0 Å². The monoisotopic (exact) mass is 556 g/mol. The highest BCUT2D eigenvalue weighted by atomic mass is 16.5. The first-order valence-corrected chi connectivity index (χ1v) is 15.0. The van der Waals surface area contributed by atoms with Crippen LogP contribution < -0.4 is 9.47 Å². The first kappa shape index (κ1) is 28.9. The Bertz CT molecular complexity index is 1100. The number of ketones is 1. The largest absolute Gasteiger partial charge is 0.482 e. The van der Waals surface area contributed by atoms with E-state index in [-0.39, 0.29) is 16.9 Å². The van der Waals surface area contributed by atoms with Gasteiger partial charge in [-0.3, -0.25) is 4.79 Å². The molecule has 0 aromatic heterocycles. The van der Waals surface area contributed by atoms with Crippen LogP contribution in [0, 0.1) is 40.4 Å². The summed E-state index contributed by atoms with van der Waals surface area (Å²) in [6.45, 7) is 3.79. The smallest absolute Gasteiger partial charge is 0.341 e. The Kier molecular flexibility index (Phi) is 8.20. The van der Waals surface area contributed by atoms with Gasteiger partial charge >= 0.3 is 11.9 Å².